The van der Waals surface area contributed by atoms with E-state index in [4.69, 9.17) is 5.73 Å². The van der Waals surface area contributed by atoms with Gasteiger partial charge in [-0.25, -0.2) is 4.79 Å². The molecule has 3 rings (SSSR count). The number of likely N-dealkylation sites (N-methyl/N-ethyl adjacent to an activating group) is 1. The number of anilines is 4. The summed E-state index contributed by atoms with van der Waals surface area (Å²) in [5, 5.41) is 9.41. The van der Waals surface area contributed by atoms with Gasteiger partial charge in [-0.15, -0.1) is 0 Å². The Hall–Kier alpha value is -2.69. The molecule has 1 heterocycles. The molecule has 0 atom stereocenters. The lowest BCUT2D eigenvalue weighted by Gasteiger charge is -2.37. The third-order valence-corrected chi connectivity index (χ3v) is 3.79. The standard InChI is InChI=1S/C16H17N3O2/c1-18-8-9-19(14-5-3-2-4-13(14)18)15-10-11(17)6-7-12(15)16(20)21/h2-7,10H,8-9,17H2,1H3,(H,20,21). The van der Waals surface area contributed by atoms with Crippen molar-refractivity contribution < 1.29 is 9.90 Å². The molecule has 0 radical (unpaired) electrons. The van der Waals surface area contributed by atoms with Crippen molar-refractivity contribution in [1.82, 2.24) is 0 Å². The Labute approximate surface area is 123 Å². The number of aromatic carboxylic acids is 1. The summed E-state index contributed by atoms with van der Waals surface area (Å²) in [6.07, 6.45) is 0. The van der Waals surface area contributed by atoms with Crippen LogP contribution in [0.2, 0.25) is 0 Å². The van der Waals surface area contributed by atoms with Crippen LogP contribution in [0.15, 0.2) is 42.5 Å². The van der Waals surface area contributed by atoms with Crippen LogP contribution in [-0.2, 0) is 0 Å². The van der Waals surface area contributed by atoms with Gasteiger partial charge in [0.25, 0.3) is 0 Å². The minimum Gasteiger partial charge on any atom is -0.478 e. The van der Waals surface area contributed by atoms with E-state index >= 15 is 0 Å². The van der Waals surface area contributed by atoms with Gasteiger partial charge < -0.3 is 20.6 Å². The van der Waals surface area contributed by atoms with Crippen molar-refractivity contribution in [1.29, 1.82) is 0 Å². The van der Waals surface area contributed by atoms with E-state index in [9.17, 15) is 9.90 Å². The van der Waals surface area contributed by atoms with Gasteiger partial charge in [-0.05, 0) is 30.3 Å². The summed E-state index contributed by atoms with van der Waals surface area (Å²) < 4.78 is 0. The van der Waals surface area contributed by atoms with Gasteiger partial charge in [0, 0.05) is 25.8 Å². The molecule has 0 bridgehead atoms. The highest BCUT2D eigenvalue weighted by molar-refractivity contribution is 5.97. The molecule has 108 valence electrons. The van der Waals surface area contributed by atoms with E-state index in [1.165, 1.54) is 0 Å². The molecule has 0 fully saturated rings. The third-order valence-electron chi connectivity index (χ3n) is 3.79. The van der Waals surface area contributed by atoms with Crippen LogP contribution in [0.4, 0.5) is 22.7 Å². The van der Waals surface area contributed by atoms with E-state index < -0.39 is 5.97 Å². The maximum Gasteiger partial charge on any atom is 0.337 e. The van der Waals surface area contributed by atoms with Crippen molar-refractivity contribution in [2.45, 2.75) is 0 Å². The van der Waals surface area contributed by atoms with Crippen LogP contribution in [-0.4, -0.2) is 31.2 Å². The van der Waals surface area contributed by atoms with Crippen LogP contribution in [0, 0.1) is 0 Å². The lowest BCUT2D eigenvalue weighted by atomic mass is 10.1. The van der Waals surface area contributed by atoms with Crippen molar-refractivity contribution in [3.05, 3.63) is 48.0 Å². The SMILES string of the molecule is CN1CCN(c2cc(N)ccc2C(=O)O)c2ccccc21. The third kappa shape index (κ3) is 2.27. The second kappa shape index (κ2) is 5.01. The zero-order valence-corrected chi connectivity index (χ0v) is 11.8. The first-order valence-corrected chi connectivity index (χ1v) is 6.78. The highest BCUT2D eigenvalue weighted by Crippen LogP contribution is 2.38. The molecule has 0 amide bonds. The molecule has 0 saturated carbocycles. The van der Waals surface area contributed by atoms with Gasteiger partial charge in [0.15, 0.2) is 0 Å². The highest BCUT2D eigenvalue weighted by Gasteiger charge is 2.24. The van der Waals surface area contributed by atoms with Crippen LogP contribution in [0.25, 0.3) is 0 Å². The number of nitrogens with two attached hydrogens (primary N) is 1. The van der Waals surface area contributed by atoms with Gasteiger partial charge in [-0.2, -0.15) is 0 Å². The maximum absolute atomic E-state index is 11.5. The van der Waals surface area contributed by atoms with E-state index in [-0.39, 0.29) is 5.56 Å². The Morgan fingerprint density at radius 1 is 1.10 bits per heavy atom. The maximum atomic E-state index is 11.5. The quantitative estimate of drug-likeness (QED) is 0.829. The fourth-order valence-corrected chi connectivity index (χ4v) is 2.71. The fourth-order valence-electron chi connectivity index (χ4n) is 2.71. The molecule has 2 aromatic rings. The van der Waals surface area contributed by atoms with Gasteiger partial charge in [0.2, 0.25) is 0 Å². The number of benzene rings is 2. The van der Waals surface area contributed by atoms with Crippen molar-refractivity contribution >= 4 is 28.7 Å². The van der Waals surface area contributed by atoms with E-state index in [2.05, 4.69) is 4.90 Å². The summed E-state index contributed by atoms with van der Waals surface area (Å²) >= 11 is 0. The predicted molar refractivity (Wildman–Crippen MR) is 84.5 cm³/mol. The van der Waals surface area contributed by atoms with Gasteiger partial charge >= 0.3 is 5.97 Å². The molecule has 3 N–H and O–H groups in total. The molecule has 1 aliphatic rings. The first-order valence-electron chi connectivity index (χ1n) is 6.78. The number of fused-ring (bicyclic) bond motifs is 1. The number of nitrogens with zero attached hydrogens (tertiary/aromatic N) is 2. The summed E-state index contributed by atoms with van der Waals surface area (Å²) in [6, 6.07) is 12.9. The molecule has 1 aliphatic heterocycles. The summed E-state index contributed by atoms with van der Waals surface area (Å²) in [5.74, 6) is -0.943. The Balaban J connectivity index is 2.16. The van der Waals surface area contributed by atoms with Gasteiger partial charge in [-0.1, -0.05) is 12.1 Å². The molecular weight excluding hydrogens is 266 g/mol. The number of para-hydroxylation sites is 2. The Kier molecular flexibility index (Phi) is 3.17. The topological polar surface area (TPSA) is 69.8 Å². The summed E-state index contributed by atoms with van der Waals surface area (Å²) in [4.78, 5) is 15.7. The fraction of sp³-hybridized carbons (Fsp3) is 0.188. The first kappa shape index (κ1) is 13.3. The molecule has 5 heteroatoms. The lowest BCUT2D eigenvalue weighted by molar-refractivity contribution is 0.0697. The Morgan fingerprint density at radius 3 is 2.52 bits per heavy atom. The Morgan fingerprint density at radius 2 is 1.81 bits per heavy atom. The van der Waals surface area contributed by atoms with E-state index in [1.54, 1.807) is 18.2 Å². The van der Waals surface area contributed by atoms with Gasteiger partial charge in [-0.3, -0.25) is 0 Å². The van der Waals surface area contributed by atoms with Crippen LogP contribution >= 0.6 is 0 Å². The molecule has 0 aromatic heterocycles. The molecule has 0 unspecified atom stereocenters. The van der Waals surface area contributed by atoms with Crippen LogP contribution in [0.5, 0.6) is 0 Å². The van der Waals surface area contributed by atoms with Crippen molar-refractivity contribution in [3.8, 4) is 0 Å². The van der Waals surface area contributed by atoms with Crippen LogP contribution < -0.4 is 15.5 Å². The number of nitrogen functional groups attached to an aromatic ring is 1. The average molecular weight is 283 g/mol. The summed E-state index contributed by atoms with van der Waals surface area (Å²) in [5.41, 5.74) is 9.41. The molecule has 0 aliphatic carbocycles. The lowest BCUT2D eigenvalue weighted by Crippen LogP contribution is -2.37. The second-order valence-corrected chi connectivity index (χ2v) is 5.14. The Bertz CT molecular complexity index is 700. The summed E-state index contributed by atoms with van der Waals surface area (Å²) in [6.45, 7) is 1.54. The van der Waals surface area contributed by atoms with Crippen LogP contribution in [0.1, 0.15) is 10.4 Å². The minimum atomic E-state index is -0.943. The largest absolute Gasteiger partial charge is 0.478 e. The van der Waals surface area contributed by atoms with Crippen molar-refractivity contribution in [3.63, 3.8) is 0 Å². The number of hydrogen-bond acceptors (Lipinski definition) is 4. The molecule has 21 heavy (non-hydrogen) atoms. The van der Waals surface area contributed by atoms with Gasteiger partial charge in [0.1, 0.15) is 0 Å². The number of carboxylic acid groups (broad SMARTS) is 1. The smallest absolute Gasteiger partial charge is 0.337 e. The normalized spacial score (nSPS) is 14.0. The molecule has 2 aromatic carbocycles. The van der Waals surface area contributed by atoms with Gasteiger partial charge in [0.05, 0.1) is 22.6 Å². The minimum absolute atomic E-state index is 0.267. The number of rotatable bonds is 2. The highest BCUT2D eigenvalue weighted by atomic mass is 16.4. The first-order chi connectivity index (χ1) is 10.1. The predicted octanol–water partition coefficient (Wildman–Crippen LogP) is 2.55. The summed E-state index contributed by atoms with van der Waals surface area (Å²) in [7, 11) is 2.04. The zero-order chi connectivity index (χ0) is 15.0. The molecule has 0 spiro atoms. The monoisotopic (exact) mass is 283 g/mol. The average Bonchev–Trinajstić information content (AvgIpc) is 2.47. The number of carbonyl (C=O) groups is 1. The number of carboxylic acids is 1. The second-order valence-electron chi connectivity index (χ2n) is 5.14. The molecule has 5 nitrogen and oxygen atoms in total. The zero-order valence-electron chi connectivity index (χ0n) is 11.8. The molecular formula is C16H17N3O2. The number of hydrogen-bond donors (Lipinski definition) is 2. The van der Waals surface area contributed by atoms with E-state index in [0.29, 0.717) is 11.4 Å². The molecule has 0 saturated heterocycles. The van der Waals surface area contributed by atoms with Crippen molar-refractivity contribution in [2.75, 3.05) is 35.7 Å². The van der Waals surface area contributed by atoms with E-state index in [1.807, 2.05) is 36.2 Å². The van der Waals surface area contributed by atoms with Crippen LogP contribution in [0.3, 0.4) is 0 Å². The van der Waals surface area contributed by atoms with E-state index in [0.717, 1.165) is 24.5 Å². The van der Waals surface area contributed by atoms with Crippen molar-refractivity contribution in [2.24, 2.45) is 0 Å².